The Labute approximate surface area is 127 Å². The SMILES string of the molecule is CCCCc1c(C)nc(N)nc1N1CCC(OCC)CC1. The lowest BCUT2D eigenvalue weighted by Gasteiger charge is -2.34. The summed E-state index contributed by atoms with van der Waals surface area (Å²) in [5.41, 5.74) is 8.16. The lowest BCUT2D eigenvalue weighted by atomic mass is 10.0. The first-order chi connectivity index (χ1) is 10.2. The largest absolute Gasteiger partial charge is 0.378 e. The van der Waals surface area contributed by atoms with E-state index in [1.807, 2.05) is 6.92 Å². The van der Waals surface area contributed by atoms with E-state index in [2.05, 4.69) is 28.7 Å². The van der Waals surface area contributed by atoms with E-state index in [0.717, 1.165) is 56.9 Å². The monoisotopic (exact) mass is 292 g/mol. The molecule has 2 N–H and O–H groups in total. The third-order valence-corrected chi connectivity index (χ3v) is 4.13. The highest BCUT2D eigenvalue weighted by Crippen LogP contribution is 2.27. The molecule has 118 valence electrons. The normalized spacial score (nSPS) is 16.4. The van der Waals surface area contributed by atoms with Crippen LogP contribution < -0.4 is 10.6 Å². The second-order valence-electron chi connectivity index (χ2n) is 5.71. The molecule has 21 heavy (non-hydrogen) atoms. The van der Waals surface area contributed by atoms with E-state index in [4.69, 9.17) is 10.5 Å². The zero-order valence-electron chi connectivity index (χ0n) is 13.6. The Morgan fingerprint density at radius 2 is 1.95 bits per heavy atom. The van der Waals surface area contributed by atoms with Crippen molar-refractivity contribution in [1.82, 2.24) is 9.97 Å². The van der Waals surface area contributed by atoms with E-state index in [1.165, 1.54) is 12.0 Å². The second-order valence-corrected chi connectivity index (χ2v) is 5.71. The number of nitrogens with two attached hydrogens (primary N) is 1. The van der Waals surface area contributed by atoms with Gasteiger partial charge in [-0.25, -0.2) is 4.98 Å². The standard InChI is InChI=1S/C16H28N4O/c1-4-6-7-14-12(3)18-16(17)19-15(14)20-10-8-13(9-11-20)21-5-2/h13H,4-11H2,1-3H3,(H2,17,18,19). The number of hydrogen-bond donors (Lipinski definition) is 1. The predicted octanol–water partition coefficient (Wildman–Crippen LogP) is 2.72. The molecule has 0 radical (unpaired) electrons. The molecule has 0 amide bonds. The fraction of sp³-hybridized carbons (Fsp3) is 0.750. The van der Waals surface area contributed by atoms with Crippen molar-refractivity contribution in [3.63, 3.8) is 0 Å². The zero-order valence-corrected chi connectivity index (χ0v) is 13.6. The van der Waals surface area contributed by atoms with Gasteiger partial charge < -0.3 is 15.4 Å². The summed E-state index contributed by atoms with van der Waals surface area (Å²) in [6, 6.07) is 0. The van der Waals surface area contributed by atoms with Crippen LogP contribution >= 0.6 is 0 Å². The average Bonchev–Trinajstić information content (AvgIpc) is 2.47. The van der Waals surface area contributed by atoms with Crippen molar-refractivity contribution in [1.29, 1.82) is 0 Å². The van der Waals surface area contributed by atoms with Gasteiger partial charge in [0.2, 0.25) is 5.95 Å². The van der Waals surface area contributed by atoms with Gasteiger partial charge in [-0.05, 0) is 39.5 Å². The smallest absolute Gasteiger partial charge is 0.222 e. The number of ether oxygens (including phenoxy) is 1. The van der Waals surface area contributed by atoms with E-state index in [9.17, 15) is 0 Å². The Hall–Kier alpha value is -1.36. The minimum Gasteiger partial charge on any atom is -0.378 e. The Kier molecular flexibility index (Phi) is 5.79. The lowest BCUT2D eigenvalue weighted by molar-refractivity contribution is 0.0458. The van der Waals surface area contributed by atoms with Crippen molar-refractivity contribution in [3.8, 4) is 0 Å². The Morgan fingerprint density at radius 1 is 1.24 bits per heavy atom. The fourth-order valence-electron chi connectivity index (χ4n) is 2.98. The van der Waals surface area contributed by atoms with Crippen LogP contribution in [-0.4, -0.2) is 35.8 Å². The van der Waals surface area contributed by atoms with Crippen LogP contribution in [0.25, 0.3) is 0 Å². The minimum atomic E-state index is 0.384. The first kappa shape index (κ1) is 16.0. The molecule has 0 unspecified atom stereocenters. The van der Waals surface area contributed by atoms with Crippen LogP contribution in [0.4, 0.5) is 11.8 Å². The van der Waals surface area contributed by atoms with E-state index >= 15 is 0 Å². The maximum absolute atomic E-state index is 5.87. The number of aryl methyl sites for hydroxylation is 1. The summed E-state index contributed by atoms with van der Waals surface area (Å²) < 4.78 is 5.73. The first-order valence-electron chi connectivity index (χ1n) is 8.15. The van der Waals surface area contributed by atoms with Crippen LogP contribution in [0.15, 0.2) is 0 Å². The van der Waals surface area contributed by atoms with Crippen molar-refractivity contribution >= 4 is 11.8 Å². The quantitative estimate of drug-likeness (QED) is 0.873. The van der Waals surface area contributed by atoms with Crippen molar-refractivity contribution in [2.24, 2.45) is 0 Å². The summed E-state index contributed by atoms with van der Waals surface area (Å²) in [4.78, 5) is 11.2. The Morgan fingerprint density at radius 3 is 2.57 bits per heavy atom. The molecule has 1 fully saturated rings. The molecular formula is C16H28N4O. The van der Waals surface area contributed by atoms with Crippen LogP contribution in [0.2, 0.25) is 0 Å². The van der Waals surface area contributed by atoms with Gasteiger partial charge in [0.25, 0.3) is 0 Å². The number of aromatic nitrogens is 2. The molecule has 1 aliphatic heterocycles. The van der Waals surface area contributed by atoms with Gasteiger partial charge in [-0.1, -0.05) is 13.3 Å². The molecule has 5 nitrogen and oxygen atoms in total. The Bertz CT molecular complexity index is 456. The molecule has 0 aromatic carbocycles. The number of hydrogen-bond acceptors (Lipinski definition) is 5. The van der Waals surface area contributed by atoms with E-state index < -0.39 is 0 Å². The van der Waals surface area contributed by atoms with Crippen molar-refractivity contribution in [2.75, 3.05) is 30.3 Å². The number of nitrogen functional groups attached to an aromatic ring is 1. The highest BCUT2D eigenvalue weighted by molar-refractivity contribution is 5.52. The molecular weight excluding hydrogens is 264 g/mol. The van der Waals surface area contributed by atoms with Crippen LogP contribution in [0.1, 0.15) is 50.8 Å². The van der Waals surface area contributed by atoms with Crippen LogP contribution in [-0.2, 0) is 11.2 Å². The molecule has 1 saturated heterocycles. The summed E-state index contributed by atoms with van der Waals surface area (Å²) >= 11 is 0. The minimum absolute atomic E-state index is 0.384. The van der Waals surface area contributed by atoms with Gasteiger partial charge in [-0.3, -0.25) is 0 Å². The number of unbranched alkanes of at least 4 members (excludes halogenated alkanes) is 1. The van der Waals surface area contributed by atoms with Crippen molar-refractivity contribution < 1.29 is 4.74 Å². The van der Waals surface area contributed by atoms with Crippen molar-refractivity contribution in [3.05, 3.63) is 11.3 Å². The average molecular weight is 292 g/mol. The van der Waals surface area contributed by atoms with Gasteiger partial charge in [0.15, 0.2) is 0 Å². The molecule has 1 aliphatic rings. The highest BCUT2D eigenvalue weighted by atomic mass is 16.5. The van der Waals surface area contributed by atoms with Gasteiger partial charge in [0.1, 0.15) is 5.82 Å². The van der Waals surface area contributed by atoms with Crippen LogP contribution in [0.5, 0.6) is 0 Å². The maximum Gasteiger partial charge on any atom is 0.222 e. The summed E-state index contributed by atoms with van der Waals surface area (Å²) in [6.07, 6.45) is 5.88. The molecule has 2 heterocycles. The molecule has 1 aromatic rings. The summed E-state index contributed by atoms with van der Waals surface area (Å²) in [7, 11) is 0. The summed E-state index contributed by atoms with van der Waals surface area (Å²) in [5.74, 6) is 1.43. The lowest BCUT2D eigenvalue weighted by Crippen LogP contribution is -2.38. The number of piperidine rings is 1. The number of nitrogens with zero attached hydrogens (tertiary/aromatic N) is 3. The molecule has 2 rings (SSSR count). The molecule has 0 aliphatic carbocycles. The number of rotatable bonds is 6. The first-order valence-corrected chi connectivity index (χ1v) is 8.15. The maximum atomic E-state index is 5.87. The van der Waals surface area contributed by atoms with Gasteiger partial charge in [0, 0.05) is 31.0 Å². The summed E-state index contributed by atoms with van der Waals surface area (Å²) in [5, 5.41) is 0. The zero-order chi connectivity index (χ0) is 15.2. The Balaban J connectivity index is 2.15. The molecule has 1 aromatic heterocycles. The topological polar surface area (TPSA) is 64.3 Å². The van der Waals surface area contributed by atoms with Crippen molar-refractivity contribution in [2.45, 2.75) is 59.0 Å². The summed E-state index contributed by atoms with van der Waals surface area (Å²) in [6.45, 7) is 9.08. The van der Waals surface area contributed by atoms with E-state index in [0.29, 0.717) is 12.1 Å². The predicted molar refractivity (Wildman–Crippen MR) is 86.7 cm³/mol. The third-order valence-electron chi connectivity index (χ3n) is 4.13. The van der Waals surface area contributed by atoms with Gasteiger partial charge in [-0.15, -0.1) is 0 Å². The molecule has 0 atom stereocenters. The van der Waals surface area contributed by atoms with Gasteiger partial charge in [0.05, 0.1) is 6.10 Å². The molecule has 0 bridgehead atoms. The fourth-order valence-corrected chi connectivity index (χ4v) is 2.98. The molecule has 0 spiro atoms. The third kappa shape index (κ3) is 4.06. The van der Waals surface area contributed by atoms with Gasteiger partial charge >= 0.3 is 0 Å². The van der Waals surface area contributed by atoms with Crippen LogP contribution in [0, 0.1) is 6.92 Å². The van der Waals surface area contributed by atoms with Crippen LogP contribution in [0.3, 0.4) is 0 Å². The van der Waals surface area contributed by atoms with E-state index in [-0.39, 0.29) is 0 Å². The number of anilines is 2. The second kappa shape index (κ2) is 7.59. The molecule has 0 saturated carbocycles. The highest BCUT2D eigenvalue weighted by Gasteiger charge is 2.23. The molecule has 5 heteroatoms. The van der Waals surface area contributed by atoms with Gasteiger partial charge in [-0.2, -0.15) is 4.98 Å². The van der Waals surface area contributed by atoms with E-state index in [1.54, 1.807) is 0 Å².